The van der Waals surface area contributed by atoms with Crippen LogP contribution in [-0.2, 0) is 20.9 Å². The Hall–Kier alpha value is -1.99. The maximum absolute atomic E-state index is 12.3. The fourth-order valence-corrected chi connectivity index (χ4v) is 3.32. The van der Waals surface area contributed by atoms with Crippen molar-refractivity contribution < 1.29 is 14.3 Å². The average molecular weight is 347 g/mol. The number of hydrogen-bond donors (Lipinski definition) is 1. The molecular weight excluding hydrogens is 326 g/mol. The lowest BCUT2D eigenvalue weighted by Gasteiger charge is -2.25. The number of thiocarbonyl (C=S) groups is 1. The van der Waals surface area contributed by atoms with E-state index in [0.717, 1.165) is 42.9 Å². The first-order chi connectivity index (χ1) is 11.4. The fourth-order valence-electron chi connectivity index (χ4n) is 3.15. The van der Waals surface area contributed by atoms with Gasteiger partial charge in [-0.1, -0.05) is 0 Å². The van der Waals surface area contributed by atoms with Gasteiger partial charge in [0, 0.05) is 31.6 Å². The van der Waals surface area contributed by atoms with Gasteiger partial charge in [0.25, 0.3) is 11.8 Å². The van der Waals surface area contributed by atoms with Gasteiger partial charge in [-0.25, -0.2) is 0 Å². The van der Waals surface area contributed by atoms with Crippen LogP contribution in [0.1, 0.15) is 29.8 Å². The second-order valence-corrected chi connectivity index (χ2v) is 6.64. The smallest absolute Gasteiger partial charge is 0.265 e. The minimum Gasteiger partial charge on any atom is -0.376 e. The number of carbonyl (C=O) groups is 2. The predicted molar refractivity (Wildman–Crippen MR) is 94.4 cm³/mol. The molecule has 0 aliphatic carbocycles. The maximum Gasteiger partial charge on any atom is 0.265 e. The first kappa shape index (κ1) is 16.9. The van der Waals surface area contributed by atoms with Crippen LogP contribution in [0.15, 0.2) is 11.6 Å². The van der Waals surface area contributed by atoms with E-state index >= 15 is 0 Å². The molecule has 128 valence electrons. The molecule has 2 aliphatic rings. The van der Waals surface area contributed by atoms with Gasteiger partial charge in [0.05, 0.1) is 6.10 Å². The molecule has 0 unspecified atom stereocenters. The SMILES string of the molecule is Cc1cc(/C=C2/C(=O)NC(=S)N(C)C2=O)c(C)n1C[C@H]1CCCO1. The van der Waals surface area contributed by atoms with Crippen molar-refractivity contribution in [1.29, 1.82) is 0 Å². The van der Waals surface area contributed by atoms with Crippen LogP contribution in [0.2, 0.25) is 0 Å². The highest BCUT2D eigenvalue weighted by molar-refractivity contribution is 7.80. The molecule has 2 saturated heterocycles. The topological polar surface area (TPSA) is 63.6 Å². The van der Waals surface area contributed by atoms with Gasteiger partial charge in [0.15, 0.2) is 5.11 Å². The number of ether oxygens (including phenoxy) is 1. The summed E-state index contributed by atoms with van der Waals surface area (Å²) in [4.78, 5) is 25.7. The maximum atomic E-state index is 12.3. The monoisotopic (exact) mass is 347 g/mol. The summed E-state index contributed by atoms with van der Waals surface area (Å²) in [6.45, 7) is 5.63. The molecule has 3 heterocycles. The molecular formula is C17H21N3O3S. The van der Waals surface area contributed by atoms with E-state index in [1.165, 1.54) is 4.90 Å². The third kappa shape index (κ3) is 3.01. The molecule has 6 nitrogen and oxygen atoms in total. The highest BCUT2D eigenvalue weighted by atomic mass is 32.1. The van der Waals surface area contributed by atoms with Crippen LogP contribution in [-0.4, -0.2) is 46.2 Å². The van der Waals surface area contributed by atoms with E-state index in [0.29, 0.717) is 0 Å². The van der Waals surface area contributed by atoms with Crippen LogP contribution in [0.5, 0.6) is 0 Å². The highest BCUT2D eigenvalue weighted by Gasteiger charge is 2.31. The number of amides is 2. The minimum absolute atomic E-state index is 0.100. The molecule has 0 spiro atoms. The lowest BCUT2D eigenvalue weighted by Crippen LogP contribution is -2.52. The van der Waals surface area contributed by atoms with Gasteiger partial charge in [-0.3, -0.25) is 19.8 Å². The van der Waals surface area contributed by atoms with Gasteiger partial charge in [-0.2, -0.15) is 0 Å². The quantitative estimate of drug-likeness (QED) is 0.512. The molecule has 0 aromatic carbocycles. The number of aryl methyl sites for hydroxylation is 1. The Labute approximate surface area is 146 Å². The van der Waals surface area contributed by atoms with Crippen LogP contribution < -0.4 is 5.32 Å². The molecule has 3 rings (SSSR count). The largest absolute Gasteiger partial charge is 0.376 e. The van der Waals surface area contributed by atoms with E-state index in [9.17, 15) is 9.59 Å². The summed E-state index contributed by atoms with van der Waals surface area (Å²) in [5.74, 6) is -0.834. The summed E-state index contributed by atoms with van der Waals surface area (Å²) >= 11 is 4.96. The van der Waals surface area contributed by atoms with Gasteiger partial charge >= 0.3 is 0 Å². The van der Waals surface area contributed by atoms with Crippen molar-refractivity contribution in [2.24, 2.45) is 0 Å². The Kier molecular flexibility index (Phi) is 4.56. The zero-order valence-electron chi connectivity index (χ0n) is 14.1. The highest BCUT2D eigenvalue weighted by Crippen LogP contribution is 2.23. The van der Waals surface area contributed by atoms with Crippen molar-refractivity contribution in [1.82, 2.24) is 14.8 Å². The Morgan fingerprint density at radius 1 is 1.42 bits per heavy atom. The summed E-state index contributed by atoms with van der Waals surface area (Å²) in [6.07, 6.45) is 4.04. The number of likely N-dealkylation sites (N-methyl/N-ethyl adjacent to an activating group) is 1. The average Bonchev–Trinajstić information content (AvgIpc) is 3.13. The number of carbonyl (C=O) groups excluding carboxylic acids is 2. The number of rotatable bonds is 3. The lowest BCUT2D eigenvalue weighted by atomic mass is 10.1. The Bertz CT molecular complexity index is 745. The van der Waals surface area contributed by atoms with Gasteiger partial charge in [0.1, 0.15) is 5.57 Å². The molecule has 2 fully saturated rings. The zero-order chi connectivity index (χ0) is 17.4. The van der Waals surface area contributed by atoms with E-state index in [-0.39, 0.29) is 22.7 Å². The standard InChI is InChI=1S/C17H21N3O3S/c1-10-7-12(11(2)20(10)9-13-5-4-6-23-13)8-14-15(21)18-17(24)19(3)16(14)22/h7-8,13H,4-6,9H2,1-3H3,(H,18,21,24)/b14-8-/t13-/m1/s1. The zero-order valence-corrected chi connectivity index (χ0v) is 14.9. The van der Waals surface area contributed by atoms with Crippen LogP contribution in [0.25, 0.3) is 6.08 Å². The second-order valence-electron chi connectivity index (χ2n) is 6.25. The van der Waals surface area contributed by atoms with E-state index in [1.54, 1.807) is 13.1 Å². The molecule has 24 heavy (non-hydrogen) atoms. The normalized spacial score (nSPS) is 23.3. The van der Waals surface area contributed by atoms with Crippen LogP contribution >= 0.6 is 12.2 Å². The number of nitrogens with zero attached hydrogens (tertiary/aromatic N) is 2. The molecule has 0 radical (unpaired) electrons. The van der Waals surface area contributed by atoms with Crippen LogP contribution in [0.4, 0.5) is 0 Å². The third-order valence-electron chi connectivity index (χ3n) is 4.63. The Morgan fingerprint density at radius 3 is 2.83 bits per heavy atom. The summed E-state index contributed by atoms with van der Waals surface area (Å²) in [7, 11) is 1.55. The minimum atomic E-state index is -0.452. The van der Waals surface area contributed by atoms with Crippen LogP contribution in [0, 0.1) is 13.8 Å². The second kappa shape index (κ2) is 6.49. The van der Waals surface area contributed by atoms with Crippen molar-refractivity contribution in [2.75, 3.05) is 13.7 Å². The van der Waals surface area contributed by atoms with Crippen LogP contribution in [0.3, 0.4) is 0 Å². The molecule has 1 aromatic rings. The van der Waals surface area contributed by atoms with Gasteiger partial charge in [0.2, 0.25) is 0 Å². The summed E-state index contributed by atoms with van der Waals surface area (Å²) in [5, 5.41) is 2.66. The molecule has 0 bridgehead atoms. The number of hydrogen-bond acceptors (Lipinski definition) is 4. The van der Waals surface area contributed by atoms with E-state index in [1.807, 2.05) is 19.9 Å². The summed E-state index contributed by atoms with van der Waals surface area (Å²) < 4.78 is 7.89. The van der Waals surface area contributed by atoms with E-state index in [2.05, 4.69) is 9.88 Å². The number of nitrogens with one attached hydrogen (secondary N) is 1. The number of aromatic nitrogens is 1. The van der Waals surface area contributed by atoms with Crippen molar-refractivity contribution in [3.05, 3.63) is 28.6 Å². The fraction of sp³-hybridized carbons (Fsp3) is 0.471. The van der Waals surface area contributed by atoms with Crippen molar-refractivity contribution in [2.45, 2.75) is 39.3 Å². The van der Waals surface area contributed by atoms with E-state index < -0.39 is 5.91 Å². The lowest BCUT2D eigenvalue weighted by molar-refractivity contribution is -0.128. The summed E-state index contributed by atoms with van der Waals surface area (Å²) in [6, 6.07) is 1.99. The Balaban J connectivity index is 1.91. The molecule has 2 aliphatic heterocycles. The van der Waals surface area contributed by atoms with Gasteiger partial charge in [-0.15, -0.1) is 0 Å². The predicted octanol–water partition coefficient (Wildman–Crippen LogP) is 1.54. The Morgan fingerprint density at radius 2 is 2.17 bits per heavy atom. The molecule has 2 amide bonds. The van der Waals surface area contributed by atoms with E-state index in [4.69, 9.17) is 17.0 Å². The summed E-state index contributed by atoms with van der Waals surface area (Å²) in [5.41, 5.74) is 3.07. The van der Waals surface area contributed by atoms with Crippen molar-refractivity contribution in [3.63, 3.8) is 0 Å². The molecule has 0 saturated carbocycles. The van der Waals surface area contributed by atoms with Crippen molar-refractivity contribution >= 4 is 35.2 Å². The molecule has 1 N–H and O–H groups in total. The molecule has 7 heteroatoms. The van der Waals surface area contributed by atoms with Gasteiger partial charge in [-0.05, 0) is 56.6 Å². The third-order valence-corrected chi connectivity index (χ3v) is 5.00. The molecule has 1 aromatic heterocycles. The van der Waals surface area contributed by atoms with Gasteiger partial charge < -0.3 is 9.30 Å². The van der Waals surface area contributed by atoms with Crippen molar-refractivity contribution in [3.8, 4) is 0 Å². The first-order valence-corrected chi connectivity index (χ1v) is 8.42. The molecule has 1 atom stereocenters. The first-order valence-electron chi connectivity index (χ1n) is 8.02.